The Morgan fingerprint density at radius 1 is 1.33 bits per heavy atom. The largest absolute Gasteiger partial charge is 0.444 e. The van der Waals surface area contributed by atoms with E-state index in [1.807, 2.05) is 25.7 Å². The summed E-state index contributed by atoms with van der Waals surface area (Å²) in [5.74, 6) is 0.763. The molecular weight excluding hydrogens is 226 g/mol. The quantitative estimate of drug-likeness (QED) is 0.664. The van der Waals surface area contributed by atoms with E-state index in [9.17, 15) is 4.79 Å². The minimum absolute atomic E-state index is 0.169. The van der Waals surface area contributed by atoms with Crippen LogP contribution >= 0.6 is 0 Å². The van der Waals surface area contributed by atoms with Gasteiger partial charge in [0.05, 0.1) is 0 Å². The second-order valence-corrected chi connectivity index (χ2v) is 6.52. The van der Waals surface area contributed by atoms with E-state index in [-0.39, 0.29) is 6.09 Å². The lowest BCUT2D eigenvalue weighted by molar-refractivity contribution is 0.0299. The number of carbonyl (C=O) groups excluding carboxylic acids is 1. The van der Waals surface area contributed by atoms with Crippen LogP contribution in [-0.4, -0.2) is 29.7 Å². The molecule has 0 bridgehead atoms. The summed E-state index contributed by atoms with van der Waals surface area (Å²) in [5, 5.41) is 0. The third-order valence-electron chi connectivity index (χ3n) is 3.62. The molecule has 0 radical (unpaired) electrons. The molecule has 0 aromatic rings. The van der Waals surface area contributed by atoms with Gasteiger partial charge in [0.2, 0.25) is 0 Å². The molecule has 0 unspecified atom stereocenters. The van der Waals surface area contributed by atoms with Crippen molar-refractivity contribution in [3.63, 3.8) is 0 Å². The summed E-state index contributed by atoms with van der Waals surface area (Å²) in [6, 6.07) is 0. The molecule has 1 amide bonds. The molecule has 102 valence electrons. The molecule has 2 rings (SSSR count). The Morgan fingerprint density at radius 3 is 2.61 bits per heavy atom. The van der Waals surface area contributed by atoms with E-state index in [2.05, 4.69) is 6.08 Å². The molecular formula is C15H25NO2. The SMILES string of the molecule is CC(C)(C)OC(=O)N1CCC(=CC2CCCC2)C1. The average Bonchev–Trinajstić information content (AvgIpc) is 2.86. The third kappa shape index (κ3) is 3.76. The second-order valence-electron chi connectivity index (χ2n) is 6.52. The lowest BCUT2D eigenvalue weighted by atomic mass is 10.0. The Kier molecular flexibility index (Phi) is 3.98. The standard InChI is InChI=1S/C15H25NO2/c1-15(2,3)18-14(17)16-9-8-13(11-16)10-12-6-4-5-7-12/h10,12H,4-9,11H2,1-3H3. The van der Waals surface area contributed by atoms with E-state index in [0.717, 1.165) is 25.4 Å². The molecule has 0 atom stereocenters. The van der Waals surface area contributed by atoms with Gasteiger partial charge in [-0.05, 0) is 46.0 Å². The van der Waals surface area contributed by atoms with E-state index in [1.165, 1.54) is 31.3 Å². The third-order valence-corrected chi connectivity index (χ3v) is 3.62. The maximum atomic E-state index is 11.9. The van der Waals surface area contributed by atoms with E-state index in [1.54, 1.807) is 0 Å². The van der Waals surface area contributed by atoms with E-state index >= 15 is 0 Å². The van der Waals surface area contributed by atoms with Crippen LogP contribution in [0.25, 0.3) is 0 Å². The van der Waals surface area contributed by atoms with E-state index < -0.39 is 5.60 Å². The van der Waals surface area contributed by atoms with Crippen molar-refractivity contribution in [1.82, 2.24) is 4.90 Å². The number of nitrogens with zero attached hydrogens (tertiary/aromatic N) is 1. The number of ether oxygens (including phenoxy) is 1. The highest BCUT2D eigenvalue weighted by Gasteiger charge is 2.27. The fourth-order valence-corrected chi connectivity index (χ4v) is 2.76. The molecule has 1 saturated heterocycles. The zero-order valence-electron chi connectivity index (χ0n) is 11.9. The first kappa shape index (κ1) is 13.4. The van der Waals surface area contributed by atoms with Crippen LogP contribution in [0.3, 0.4) is 0 Å². The molecule has 1 heterocycles. The van der Waals surface area contributed by atoms with Crippen LogP contribution < -0.4 is 0 Å². The predicted octanol–water partition coefficient (Wildman–Crippen LogP) is 3.74. The van der Waals surface area contributed by atoms with Gasteiger partial charge in [-0.3, -0.25) is 0 Å². The fraction of sp³-hybridized carbons (Fsp3) is 0.800. The maximum absolute atomic E-state index is 11.9. The van der Waals surface area contributed by atoms with Crippen molar-refractivity contribution in [3.05, 3.63) is 11.6 Å². The number of hydrogen-bond acceptors (Lipinski definition) is 2. The molecule has 18 heavy (non-hydrogen) atoms. The van der Waals surface area contributed by atoms with Gasteiger partial charge < -0.3 is 9.64 Å². The van der Waals surface area contributed by atoms with Crippen LogP contribution in [-0.2, 0) is 4.74 Å². The topological polar surface area (TPSA) is 29.5 Å². The van der Waals surface area contributed by atoms with Gasteiger partial charge in [0.1, 0.15) is 5.60 Å². The van der Waals surface area contributed by atoms with Crippen molar-refractivity contribution in [2.24, 2.45) is 5.92 Å². The number of hydrogen-bond donors (Lipinski definition) is 0. The molecule has 3 nitrogen and oxygen atoms in total. The van der Waals surface area contributed by atoms with Gasteiger partial charge in [0, 0.05) is 13.1 Å². The van der Waals surface area contributed by atoms with Crippen molar-refractivity contribution in [1.29, 1.82) is 0 Å². The summed E-state index contributed by atoms with van der Waals surface area (Å²) in [7, 11) is 0. The van der Waals surface area contributed by atoms with Crippen LogP contribution in [0.1, 0.15) is 52.9 Å². The summed E-state index contributed by atoms with van der Waals surface area (Å²) in [6.07, 6.45) is 8.66. The summed E-state index contributed by atoms with van der Waals surface area (Å²) >= 11 is 0. The molecule has 1 saturated carbocycles. The van der Waals surface area contributed by atoms with Crippen LogP contribution in [0.15, 0.2) is 11.6 Å². The smallest absolute Gasteiger partial charge is 0.410 e. The first-order valence-corrected chi connectivity index (χ1v) is 7.11. The maximum Gasteiger partial charge on any atom is 0.410 e. The number of rotatable bonds is 1. The van der Waals surface area contributed by atoms with Gasteiger partial charge in [0.15, 0.2) is 0 Å². The summed E-state index contributed by atoms with van der Waals surface area (Å²) in [4.78, 5) is 13.7. The van der Waals surface area contributed by atoms with Crippen LogP contribution in [0.4, 0.5) is 4.79 Å². The highest BCUT2D eigenvalue weighted by molar-refractivity contribution is 5.69. The molecule has 0 aromatic heterocycles. The Labute approximate surface area is 110 Å². The van der Waals surface area contributed by atoms with Crippen molar-refractivity contribution in [2.75, 3.05) is 13.1 Å². The Morgan fingerprint density at radius 2 is 2.00 bits per heavy atom. The van der Waals surface area contributed by atoms with Gasteiger partial charge in [0.25, 0.3) is 0 Å². The van der Waals surface area contributed by atoms with Crippen molar-refractivity contribution in [3.8, 4) is 0 Å². The molecule has 3 heteroatoms. The first-order chi connectivity index (χ1) is 8.44. The number of carbonyl (C=O) groups is 1. The molecule has 2 fully saturated rings. The zero-order chi connectivity index (χ0) is 13.2. The van der Waals surface area contributed by atoms with Crippen LogP contribution in [0.5, 0.6) is 0 Å². The van der Waals surface area contributed by atoms with Crippen molar-refractivity contribution in [2.45, 2.75) is 58.5 Å². The van der Waals surface area contributed by atoms with Gasteiger partial charge in [-0.2, -0.15) is 0 Å². The van der Waals surface area contributed by atoms with Crippen LogP contribution in [0, 0.1) is 5.92 Å². The summed E-state index contributed by atoms with van der Waals surface area (Å²) in [5.41, 5.74) is 1.03. The van der Waals surface area contributed by atoms with Gasteiger partial charge in [-0.25, -0.2) is 4.79 Å². The number of amides is 1. The van der Waals surface area contributed by atoms with Gasteiger partial charge >= 0.3 is 6.09 Å². The lowest BCUT2D eigenvalue weighted by Gasteiger charge is -2.24. The van der Waals surface area contributed by atoms with Gasteiger partial charge in [-0.15, -0.1) is 0 Å². The molecule has 1 aliphatic carbocycles. The van der Waals surface area contributed by atoms with Crippen molar-refractivity contribution >= 4 is 6.09 Å². The average molecular weight is 251 g/mol. The molecule has 0 aromatic carbocycles. The molecule has 0 spiro atoms. The Balaban J connectivity index is 1.86. The summed E-state index contributed by atoms with van der Waals surface area (Å²) < 4.78 is 5.40. The van der Waals surface area contributed by atoms with E-state index in [4.69, 9.17) is 4.74 Å². The highest BCUT2D eigenvalue weighted by Crippen LogP contribution is 2.29. The number of likely N-dealkylation sites (tertiary alicyclic amines) is 1. The fourth-order valence-electron chi connectivity index (χ4n) is 2.76. The highest BCUT2D eigenvalue weighted by atomic mass is 16.6. The lowest BCUT2D eigenvalue weighted by Crippen LogP contribution is -2.34. The Hall–Kier alpha value is -0.990. The Bertz CT molecular complexity index is 335. The monoisotopic (exact) mass is 251 g/mol. The molecule has 2 aliphatic rings. The predicted molar refractivity (Wildman–Crippen MR) is 72.5 cm³/mol. The van der Waals surface area contributed by atoms with Gasteiger partial charge in [-0.1, -0.05) is 24.5 Å². The van der Waals surface area contributed by atoms with Crippen LogP contribution in [0.2, 0.25) is 0 Å². The van der Waals surface area contributed by atoms with Crippen molar-refractivity contribution < 1.29 is 9.53 Å². The minimum Gasteiger partial charge on any atom is -0.444 e. The normalized spacial score (nSPS) is 23.9. The first-order valence-electron chi connectivity index (χ1n) is 7.11. The minimum atomic E-state index is -0.394. The molecule has 1 aliphatic heterocycles. The zero-order valence-corrected chi connectivity index (χ0v) is 11.9. The van der Waals surface area contributed by atoms with E-state index in [0.29, 0.717) is 0 Å². The number of allylic oxidation sites excluding steroid dienone is 1. The second kappa shape index (κ2) is 5.33. The molecule has 0 N–H and O–H groups in total. The summed E-state index contributed by atoms with van der Waals surface area (Å²) in [6.45, 7) is 7.32.